The van der Waals surface area contributed by atoms with Crippen LogP contribution in [0.4, 0.5) is 4.39 Å². The predicted octanol–water partition coefficient (Wildman–Crippen LogP) is 2.82. The number of ether oxygens (including phenoxy) is 1. The van der Waals surface area contributed by atoms with Crippen LogP contribution < -0.4 is 5.32 Å². The van der Waals surface area contributed by atoms with Crippen LogP contribution in [-0.2, 0) is 11.3 Å². The van der Waals surface area contributed by atoms with Gasteiger partial charge in [0.25, 0.3) is 0 Å². The summed E-state index contributed by atoms with van der Waals surface area (Å²) >= 11 is 0. The lowest BCUT2D eigenvalue weighted by atomic mass is 10.1. The molecule has 0 amide bonds. The SMILES string of the molecule is C=CCCOCCNCc1cc(F)ccc1C. The van der Waals surface area contributed by atoms with Gasteiger partial charge in [-0.15, -0.1) is 6.58 Å². The maximum absolute atomic E-state index is 13.0. The summed E-state index contributed by atoms with van der Waals surface area (Å²) in [7, 11) is 0. The molecule has 0 unspecified atom stereocenters. The first-order valence-electron chi connectivity index (χ1n) is 5.88. The lowest BCUT2D eigenvalue weighted by molar-refractivity contribution is 0.140. The van der Waals surface area contributed by atoms with Crippen molar-refractivity contribution < 1.29 is 9.13 Å². The molecule has 0 spiro atoms. The lowest BCUT2D eigenvalue weighted by Crippen LogP contribution is -2.20. The molecule has 3 heteroatoms. The van der Waals surface area contributed by atoms with Crippen molar-refractivity contribution in [3.05, 3.63) is 47.8 Å². The fraction of sp³-hybridized carbons (Fsp3) is 0.429. The number of hydrogen-bond acceptors (Lipinski definition) is 2. The molecule has 0 aromatic heterocycles. The van der Waals surface area contributed by atoms with Crippen LogP contribution >= 0.6 is 0 Å². The number of benzene rings is 1. The van der Waals surface area contributed by atoms with E-state index in [1.807, 2.05) is 13.0 Å². The van der Waals surface area contributed by atoms with Crippen molar-refractivity contribution >= 4 is 0 Å². The summed E-state index contributed by atoms with van der Waals surface area (Å²) in [5.74, 6) is -0.186. The van der Waals surface area contributed by atoms with Crippen LogP contribution in [0.2, 0.25) is 0 Å². The molecule has 0 heterocycles. The smallest absolute Gasteiger partial charge is 0.123 e. The Labute approximate surface area is 102 Å². The van der Waals surface area contributed by atoms with Crippen molar-refractivity contribution in [3.63, 3.8) is 0 Å². The second-order valence-corrected chi connectivity index (χ2v) is 3.94. The second kappa shape index (κ2) is 7.98. The molecule has 0 bridgehead atoms. The lowest BCUT2D eigenvalue weighted by Gasteiger charge is -2.08. The molecule has 1 aromatic carbocycles. The van der Waals surface area contributed by atoms with Crippen molar-refractivity contribution in [3.8, 4) is 0 Å². The van der Waals surface area contributed by atoms with Crippen molar-refractivity contribution in [1.82, 2.24) is 5.32 Å². The topological polar surface area (TPSA) is 21.3 Å². The van der Waals surface area contributed by atoms with Crippen LogP contribution in [-0.4, -0.2) is 19.8 Å². The van der Waals surface area contributed by atoms with Gasteiger partial charge in [-0.2, -0.15) is 0 Å². The van der Waals surface area contributed by atoms with E-state index in [2.05, 4.69) is 11.9 Å². The Hall–Kier alpha value is -1.19. The zero-order chi connectivity index (χ0) is 12.5. The fourth-order valence-electron chi connectivity index (χ4n) is 1.47. The molecular weight excluding hydrogens is 217 g/mol. The number of nitrogens with one attached hydrogen (secondary N) is 1. The molecule has 0 saturated carbocycles. The summed E-state index contributed by atoms with van der Waals surface area (Å²) in [5, 5.41) is 3.23. The van der Waals surface area contributed by atoms with E-state index < -0.39 is 0 Å². The summed E-state index contributed by atoms with van der Waals surface area (Å²) in [6.07, 6.45) is 2.71. The molecule has 0 saturated heterocycles. The number of aryl methyl sites for hydroxylation is 1. The quantitative estimate of drug-likeness (QED) is 0.554. The van der Waals surface area contributed by atoms with E-state index in [0.717, 1.165) is 24.1 Å². The molecule has 0 aliphatic carbocycles. The van der Waals surface area contributed by atoms with Gasteiger partial charge in [-0.1, -0.05) is 12.1 Å². The predicted molar refractivity (Wildman–Crippen MR) is 68.5 cm³/mol. The average Bonchev–Trinajstić information content (AvgIpc) is 2.32. The van der Waals surface area contributed by atoms with Crippen LogP contribution in [0.5, 0.6) is 0 Å². The Morgan fingerprint density at radius 3 is 3.00 bits per heavy atom. The summed E-state index contributed by atoms with van der Waals surface area (Å²) in [5.41, 5.74) is 2.10. The first kappa shape index (κ1) is 13.9. The number of halogens is 1. The van der Waals surface area contributed by atoms with Gasteiger partial charge in [-0.25, -0.2) is 4.39 Å². The maximum Gasteiger partial charge on any atom is 0.123 e. The summed E-state index contributed by atoms with van der Waals surface area (Å²) in [4.78, 5) is 0. The zero-order valence-corrected chi connectivity index (χ0v) is 10.3. The van der Waals surface area contributed by atoms with Crippen molar-refractivity contribution in [2.75, 3.05) is 19.8 Å². The first-order valence-corrected chi connectivity index (χ1v) is 5.88. The fourth-order valence-corrected chi connectivity index (χ4v) is 1.47. The van der Waals surface area contributed by atoms with E-state index in [1.54, 1.807) is 12.1 Å². The molecule has 1 N–H and O–H groups in total. The van der Waals surface area contributed by atoms with Crippen molar-refractivity contribution in [1.29, 1.82) is 0 Å². The number of hydrogen-bond donors (Lipinski definition) is 1. The molecule has 17 heavy (non-hydrogen) atoms. The number of rotatable bonds is 8. The molecule has 1 rings (SSSR count). The van der Waals surface area contributed by atoms with E-state index in [1.165, 1.54) is 6.07 Å². The third-order valence-electron chi connectivity index (χ3n) is 2.52. The molecule has 0 radical (unpaired) electrons. The normalized spacial score (nSPS) is 10.5. The second-order valence-electron chi connectivity index (χ2n) is 3.94. The minimum atomic E-state index is -0.186. The van der Waals surface area contributed by atoms with E-state index in [-0.39, 0.29) is 5.82 Å². The van der Waals surface area contributed by atoms with Gasteiger partial charge in [0.15, 0.2) is 0 Å². The zero-order valence-electron chi connectivity index (χ0n) is 10.3. The van der Waals surface area contributed by atoms with E-state index in [4.69, 9.17) is 4.74 Å². The maximum atomic E-state index is 13.0. The molecule has 2 nitrogen and oxygen atoms in total. The average molecular weight is 237 g/mol. The van der Waals surface area contributed by atoms with E-state index in [0.29, 0.717) is 19.8 Å². The molecule has 0 atom stereocenters. The van der Waals surface area contributed by atoms with Gasteiger partial charge in [0.1, 0.15) is 5.82 Å². The van der Waals surface area contributed by atoms with Gasteiger partial charge in [-0.3, -0.25) is 0 Å². The first-order chi connectivity index (χ1) is 8.24. The largest absolute Gasteiger partial charge is 0.380 e. The van der Waals surface area contributed by atoms with Crippen molar-refractivity contribution in [2.24, 2.45) is 0 Å². The Balaban J connectivity index is 2.17. The van der Waals surface area contributed by atoms with Gasteiger partial charge in [-0.05, 0) is 36.6 Å². The van der Waals surface area contributed by atoms with Crippen LogP contribution in [0.1, 0.15) is 17.5 Å². The monoisotopic (exact) mass is 237 g/mol. The van der Waals surface area contributed by atoms with Crippen LogP contribution in [0.25, 0.3) is 0 Å². The Morgan fingerprint density at radius 2 is 2.24 bits per heavy atom. The molecule has 1 aromatic rings. The van der Waals surface area contributed by atoms with Gasteiger partial charge in [0.05, 0.1) is 13.2 Å². The highest BCUT2D eigenvalue weighted by Gasteiger charge is 1.99. The molecule has 0 fully saturated rings. The van der Waals surface area contributed by atoms with Gasteiger partial charge in [0, 0.05) is 13.1 Å². The molecular formula is C14H20FNO. The van der Waals surface area contributed by atoms with Crippen molar-refractivity contribution in [2.45, 2.75) is 19.9 Å². The van der Waals surface area contributed by atoms with Gasteiger partial charge < -0.3 is 10.1 Å². The minimum absolute atomic E-state index is 0.186. The van der Waals surface area contributed by atoms with Crippen LogP contribution in [0.15, 0.2) is 30.9 Å². The van der Waals surface area contributed by atoms with E-state index >= 15 is 0 Å². The van der Waals surface area contributed by atoms with Gasteiger partial charge in [0.2, 0.25) is 0 Å². The minimum Gasteiger partial charge on any atom is -0.380 e. The summed E-state index contributed by atoms with van der Waals surface area (Å²) in [6.45, 7) is 8.43. The molecule has 0 aliphatic rings. The molecule has 0 aliphatic heterocycles. The standard InChI is InChI=1S/C14H20FNO/c1-3-4-8-17-9-7-16-11-13-10-14(15)6-5-12(13)2/h3,5-6,10,16H,1,4,7-9,11H2,2H3. The summed E-state index contributed by atoms with van der Waals surface area (Å²) < 4.78 is 18.4. The third-order valence-corrected chi connectivity index (χ3v) is 2.52. The Kier molecular flexibility index (Phi) is 6.51. The highest BCUT2D eigenvalue weighted by Crippen LogP contribution is 2.09. The summed E-state index contributed by atoms with van der Waals surface area (Å²) in [6, 6.07) is 4.85. The highest BCUT2D eigenvalue weighted by molar-refractivity contribution is 5.26. The highest BCUT2D eigenvalue weighted by atomic mass is 19.1. The van der Waals surface area contributed by atoms with Gasteiger partial charge >= 0.3 is 0 Å². The molecule has 94 valence electrons. The van der Waals surface area contributed by atoms with E-state index in [9.17, 15) is 4.39 Å². The Morgan fingerprint density at radius 1 is 1.41 bits per heavy atom. The van der Waals surface area contributed by atoms with Crippen LogP contribution in [0, 0.1) is 12.7 Å². The van der Waals surface area contributed by atoms with Crippen LogP contribution in [0.3, 0.4) is 0 Å². The third kappa shape index (κ3) is 5.61. The Bertz CT molecular complexity index is 352.